The lowest BCUT2D eigenvalue weighted by atomic mass is 10.00. The van der Waals surface area contributed by atoms with Crippen LogP contribution in [0, 0.1) is 11.8 Å². The first-order valence-corrected chi connectivity index (χ1v) is 15.8. The van der Waals surface area contributed by atoms with Gasteiger partial charge in [-0.1, -0.05) is 58.4 Å². The minimum atomic E-state index is 0. The second kappa shape index (κ2) is 14.1. The highest BCUT2D eigenvalue weighted by molar-refractivity contribution is 5.95. The molecule has 4 heterocycles. The molecule has 0 spiro atoms. The van der Waals surface area contributed by atoms with Gasteiger partial charge in [0.15, 0.2) is 0 Å². The van der Waals surface area contributed by atoms with E-state index < -0.39 is 0 Å². The Morgan fingerprint density at radius 2 is 1.67 bits per heavy atom. The van der Waals surface area contributed by atoms with Crippen molar-refractivity contribution < 1.29 is 6.22 Å². The number of aromatic nitrogens is 6. The average molecular weight is 573 g/mol. The van der Waals surface area contributed by atoms with Crippen LogP contribution in [-0.2, 0) is 6.42 Å². The Morgan fingerprint density at radius 3 is 2.31 bits per heavy atom. The lowest BCUT2D eigenvalue weighted by Gasteiger charge is -2.26. The van der Waals surface area contributed by atoms with Crippen molar-refractivity contribution in [2.75, 3.05) is 32.7 Å². The maximum atomic E-state index is 13.8. The quantitative estimate of drug-likeness (QED) is 0.200. The van der Waals surface area contributed by atoms with Crippen LogP contribution in [0.4, 0.5) is 0 Å². The van der Waals surface area contributed by atoms with Crippen LogP contribution in [0.2, 0.25) is 0 Å². The Labute approximate surface area is 251 Å². The van der Waals surface area contributed by atoms with Crippen LogP contribution in [-0.4, -0.2) is 78.7 Å². The van der Waals surface area contributed by atoms with E-state index in [1.807, 2.05) is 28.9 Å². The third-order valence-electron chi connectivity index (χ3n) is 8.34. The topological polar surface area (TPSA) is 95.3 Å². The predicted octanol–water partition coefficient (Wildman–Crippen LogP) is 6.38. The number of piperidine rings is 1. The van der Waals surface area contributed by atoms with Gasteiger partial charge in [-0.25, -0.2) is 4.52 Å². The van der Waals surface area contributed by atoms with Crippen LogP contribution < -0.4 is 0 Å². The van der Waals surface area contributed by atoms with Crippen molar-refractivity contribution in [3.63, 3.8) is 0 Å². The number of H-pyrrole nitrogens is 1. The summed E-state index contributed by atoms with van der Waals surface area (Å²) >= 11 is 0. The Morgan fingerprint density at radius 1 is 0.976 bits per heavy atom. The molecule has 1 fully saturated rings. The Bertz CT molecular complexity index is 1410. The Balaban J connectivity index is 0.00000423. The van der Waals surface area contributed by atoms with Crippen molar-refractivity contribution in [2.24, 2.45) is 11.8 Å². The third kappa shape index (κ3) is 7.43. The molecule has 1 aliphatic rings. The monoisotopic (exact) mass is 572 g/mol. The third-order valence-corrected chi connectivity index (χ3v) is 8.34. The molecule has 1 saturated heterocycles. The van der Waals surface area contributed by atoms with Crippen molar-refractivity contribution in [1.29, 1.82) is 0 Å². The van der Waals surface area contributed by atoms with Gasteiger partial charge in [-0.2, -0.15) is 10.3 Å². The lowest BCUT2D eigenvalue weighted by molar-refractivity contribution is 0.0741. The van der Waals surface area contributed by atoms with E-state index in [1.165, 1.54) is 37.9 Å². The van der Waals surface area contributed by atoms with Crippen molar-refractivity contribution in [1.82, 2.24) is 40.0 Å². The number of likely N-dealkylation sites (tertiary alicyclic amines) is 1. The largest absolute Gasteiger partial charge is 0.339 e. The number of carbonyl (C=O) groups excluding carboxylic acids is 1. The number of hydrogen-bond donors (Lipinski definition) is 1. The fraction of sp³-hybridized carbons (Fsp3) is 0.545. The molecule has 4 aromatic rings. The van der Waals surface area contributed by atoms with E-state index in [0.717, 1.165) is 73.2 Å². The SMILES string of the molecule is CC(C)CCN(CCC(C)C)C(=O)c1ccn2nc(-c3ccc(-c4nn[nH]n4)cc3)c(CCCN3CCCCC3)c2c1.[HH]. The summed E-state index contributed by atoms with van der Waals surface area (Å²) in [5.74, 6) is 1.79. The van der Waals surface area contributed by atoms with Crippen LogP contribution in [0.1, 0.15) is 83.6 Å². The summed E-state index contributed by atoms with van der Waals surface area (Å²) in [6, 6.07) is 12.2. The summed E-state index contributed by atoms with van der Waals surface area (Å²) < 4.78 is 1.95. The number of carbonyl (C=O) groups is 1. The maximum Gasteiger partial charge on any atom is 0.253 e. The molecular weight excluding hydrogens is 524 g/mol. The highest BCUT2D eigenvalue weighted by Gasteiger charge is 2.21. The zero-order valence-electron chi connectivity index (χ0n) is 25.7. The molecule has 0 bridgehead atoms. The van der Waals surface area contributed by atoms with Gasteiger partial charge in [0.25, 0.3) is 5.91 Å². The molecule has 0 atom stereocenters. The van der Waals surface area contributed by atoms with Gasteiger partial charge in [0, 0.05) is 43.0 Å². The van der Waals surface area contributed by atoms with Crippen LogP contribution in [0.5, 0.6) is 0 Å². The van der Waals surface area contributed by atoms with Crippen LogP contribution in [0.25, 0.3) is 28.2 Å². The maximum absolute atomic E-state index is 13.8. The molecule has 9 heteroatoms. The molecule has 1 aromatic carbocycles. The smallest absolute Gasteiger partial charge is 0.253 e. The lowest BCUT2D eigenvalue weighted by Crippen LogP contribution is -2.34. The molecule has 0 radical (unpaired) electrons. The first-order chi connectivity index (χ1) is 20.4. The van der Waals surface area contributed by atoms with E-state index in [-0.39, 0.29) is 7.33 Å². The molecule has 1 aliphatic heterocycles. The van der Waals surface area contributed by atoms with E-state index in [1.54, 1.807) is 0 Å². The van der Waals surface area contributed by atoms with Gasteiger partial charge < -0.3 is 9.80 Å². The number of hydrogen-bond acceptors (Lipinski definition) is 6. The highest BCUT2D eigenvalue weighted by Crippen LogP contribution is 2.30. The minimum Gasteiger partial charge on any atom is -0.339 e. The first-order valence-electron chi connectivity index (χ1n) is 15.8. The van der Waals surface area contributed by atoms with E-state index in [2.05, 4.69) is 76.3 Å². The molecule has 5 rings (SSSR count). The predicted molar refractivity (Wildman–Crippen MR) is 169 cm³/mol. The van der Waals surface area contributed by atoms with Gasteiger partial charge in [0.05, 0.1) is 11.2 Å². The molecule has 226 valence electrons. The number of benzene rings is 1. The standard InChI is InChI=1S/C33H46N8O.H2/c1-24(2)14-20-40(21-15-25(3)4)33(42)28-16-22-41-30(23-28)29(9-8-19-39-17-6-5-7-18-39)31(36-41)26-10-12-27(13-11-26)32-34-37-38-35-32;/h10-13,16,22-25H,5-9,14-15,17-21H2,1-4H3,(H,34,35,37,38);1H. The zero-order valence-corrected chi connectivity index (χ0v) is 25.7. The van der Waals surface area contributed by atoms with Gasteiger partial charge in [-0.3, -0.25) is 4.79 Å². The van der Waals surface area contributed by atoms with E-state index in [9.17, 15) is 4.79 Å². The van der Waals surface area contributed by atoms with Crippen molar-refractivity contribution in [3.05, 3.63) is 53.7 Å². The number of aryl methyl sites for hydroxylation is 1. The number of amides is 1. The van der Waals surface area contributed by atoms with E-state index in [0.29, 0.717) is 17.7 Å². The van der Waals surface area contributed by atoms with E-state index >= 15 is 0 Å². The van der Waals surface area contributed by atoms with Crippen LogP contribution >= 0.6 is 0 Å². The summed E-state index contributed by atoms with van der Waals surface area (Å²) in [6.45, 7) is 13.9. The van der Waals surface area contributed by atoms with Gasteiger partial charge >= 0.3 is 0 Å². The number of pyridine rings is 1. The molecule has 0 aliphatic carbocycles. The molecular formula is C33H48N8O. The molecule has 42 heavy (non-hydrogen) atoms. The molecule has 1 amide bonds. The number of fused-ring (bicyclic) bond motifs is 1. The fourth-order valence-corrected chi connectivity index (χ4v) is 5.76. The number of rotatable bonds is 13. The Kier molecular flexibility index (Phi) is 10.00. The first kappa shape index (κ1) is 29.9. The average Bonchev–Trinajstić information content (AvgIpc) is 3.66. The molecule has 0 unspecified atom stereocenters. The second-order valence-corrected chi connectivity index (χ2v) is 12.5. The van der Waals surface area contributed by atoms with Crippen LogP contribution in [0.15, 0.2) is 42.6 Å². The Hall–Kier alpha value is -3.59. The number of aromatic amines is 1. The highest BCUT2D eigenvalue weighted by atomic mass is 16.2. The second-order valence-electron chi connectivity index (χ2n) is 12.5. The van der Waals surface area contributed by atoms with Gasteiger partial charge in [0.2, 0.25) is 5.82 Å². The fourth-order valence-electron chi connectivity index (χ4n) is 5.76. The van der Waals surface area contributed by atoms with Crippen molar-refractivity contribution in [2.45, 2.75) is 72.6 Å². The molecule has 1 N–H and O–H groups in total. The number of tetrazole rings is 1. The van der Waals surface area contributed by atoms with Crippen LogP contribution in [0.3, 0.4) is 0 Å². The van der Waals surface area contributed by atoms with Crippen molar-refractivity contribution >= 4 is 11.4 Å². The summed E-state index contributed by atoms with van der Waals surface area (Å²) in [5.41, 5.74) is 5.87. The van der Waals surface area contributed by atoms with Gasteiger partial charge in [-0.15, -0.1) is 10.2 Å². The van der Waals surface area contributed by atoms with Crippen molar-refractivity contribution in [3.8, 4) is 22.6 Å². The number of nitrogens with one attached hydrogen (secondary N) is 1. The molecule has 9 nitrogen and oxygen atoms in total. The summed E-state index contributed by atoms with van der Waals surface area (Å²) in [4.78, 5) is 18.5. The normalized spacial score (nSPS) is 14.3. The molecule has 3 aromatic heterocycles. The van der Waals surface area contributed by atoms with E-state index in [4.69, 9.17) is 5.10 Å². The van der Waals surface area contributed by atoms with Gasteiger partial charge in [-0.05, 0) is 87.3 Å². The number of nitrogens with zero attached hydrogens (tertiary/aromatic N) is 7. The minimum absolute atomic E-state index is 0. The summed E-state index contributed by atoms with van der Waals surface area (Å²) in [5, 5.41) is 19.4. The molecule has 0 saturated carbocycles. The summed E-state index contributed by atoms with van der Waals surface area (Å²) in [7, 11) is 0. The summed E-state index contributed by atoms with van der Waals surface area (Å²) in [6.07, 6.45) is 9.86. The zero-order chi connectivity index (χ0) is 29.5. The van der Waals surface area contributed by atoms with Gasteiger partial charge in [0.1, 0.15) is 0 Å².